The fraction of sp³-hybridized carbons (Fsp3) is 0.400. The molecule has 0 aliphatic heterocycles. The second-order valence-electron chi connectivity index (χ2n) is 1.30. The molecule has 0 saturated heterocycles. The standard InChI is InChI=1S/C5H10N2O/c1-2-3-7-5(8)4-6/h2H,1,3-4,6H2,(H,7,8). The summed E-state index contributed by atoms with van der Waals surface area (Å²) in [5.41, 5.74) is 4.97. The maximum atomic E-state index is 10.3. The highest BCUT2D eigenvalue weighted by atomic mass is 16.1. The molecule has 0 aromatic heterocycles. The third kappa shape index (κ3) is 3.36. The highest BCUT2D eigenvalue weighted by molar-refractivity contribution is 5.77. The molecule has 0 saturated carbocycles. The van der Waals surface area contributed by atoms with Gasteiger partial charge in [0, 0.05) is 6.54 Å². The van der Waals surface area contributed by atoms with Gasteiger partial charge in [-0.05, 0) is 0 Å². The molecule has 0 aliphatic carbocycles. The van der Waals surface area contributed by atoms with Crippen LogP contribution in [0.25, 0.3) is 0 Å². The summed E-state index contributed by atoms with van der Waals surface area (Å²) in [5.74, 6) is -0.148. The van der Waals surface area contributed by atoms with Crippen molar-refractivity contribution in [2.75, 3.05) is 13.1 Å². The molecule has 0 rings (SSSR count). The highest BCUT2D eigenvalue weighted by Gasteiger charge is 1.89. The topological polar surface area (TPSA) is 55.1 Å². The molecular weight excluding hydrogens is 104 g/mol. The van der Waals surface area contributed by atoms with E-state index in [1.807, 2.05) is 0 Å². The molecule has 3 heteroatoms. The molecule has 0 atom stereocenters. The first-order valence-electron chi connectivity index (χ1n) is 2.39. The number of rotatable bonds is 3. The quantitative estimate of drug-likeness (QED) is 0.474. The number of nitrogens with one attached hydrogen (secondary N) is 1. The van der Waals surface area contributed by atoms with Crippen LogP contribution in [0.15, 0.2) is 12.7 Å². The SMILES string of the molecule is C=CCNC(=O)CN. The van der Waals surface area contributed by atoms with Gasteiger partial charge in [-0.25, -0.2) is 0 Å². The summed E-state index contributed by atoms with van der Waals surface area (Å²) in [6.07, 6.45) is 1.60. The predicted molar refractivity (Wildman–Crippen MR) is 32.3 cm³/mol. The molecule has 0 aromatic rings. The Bertz CT molecular complexity index is 90.4. The number of hydrogen-bond acceptors (Lipinski definition) is 2. The number of carbonyl (C=O) groups is 1. The van der Waals surface area contributed by atoms with Crippen molar-refractivity contribution in [1.29, 1.82) is 0 Å². The van der Waals surface area contributed by atoms with Crippen molar-refractivity contribution in [2.45, 2.75) is 0 Å². The first kappa shape index (κ1) is 7.17. The minimum Gasteiger partial charge on any atom is -0.352 e. The average Bonchev–Trinajstić information content (AvgIpc) is 1.83. The lowest BCUT2D eigenvalue weighted by Crippen LogP contribution is -2.30. The predicted octanol–water partition coefficient (Wildman–Crippen LogP) is -0.753. The van der Waals surface area contributed by atoms with Gasteiger partial charge >= 0.3 is 0 Å². The van der Waals surface area contributed by atoms with E-state index in [0.717, 1.165) is 0 Å². The molecule has 8 heavy (non-hydrogen) atoms. The Kier molecular flexibility index (Phi) is 3.88. The lowest BCUT2D eigenvalue weighted by molar-refractivity contribution is -0.119. The molecule has 0 radical (unpaired) electrons. The summed E-state index contributed by atoms with van der Waals surface area (Å²) in [5, 5.41) is 2.50. The summed E-state index contributed by atoms with van der Waals surface area (Å²) in [4.78, 5) is 10.3. The Morgan fingerprint density at radius 3 is 2.88 bits per heavy atom. The van der Waals surface area contributed by atoms with E-state index in [9.17, 15) is 4.79 Å². The van der Waals surface area contributed by atoms with Gasteiger partial charge in [0.25, 0.3) is 0 Å². The van der Waals surface area contributed by atoms with Crippen LogP contribution in [-0.4, -0.2) is 19.0 Å². The van der Waals surface area contributed by atoms with Gasteiger partial charge in [0.1, 0.15) is 0 Å². The van der Waals surface area contributed by atoms with E-state index in [1.165, 1.54) is 0 Å². The smallest absolute Gasteiger partial charge is 0.233 e. The van der Waals surface area contributed by atoms with E-state index < -0.39 is 0 Å². The van der Waals surface area contributed by atoms with Gasteiger partial charge in [0.15, 0.2) is 0 Å². The van der Waals surface area contributed by atoms with Gasteiger partial charge in [-0.1, -0.05) is 6.08 Å². The van der Waals surface area contributed by atoms with Gasteiger partial charge in [-0.3, -0.25) is 4.79 Å². The summed E-state index contributed by atoms with van der Waals surface area (Å²) >= 11 is 0. The molecule has 0 spiro atoms. The van der Waals surface area contributed by atoms with Crippen molar-refractivity contribution in [3.63, 3.8) is 0 Å². The monoisotopic (exact) mass is 114 g/mol. The fourth-order valence-electron chi connectivity index (χ4n) is 0.258. The number of carbonyl (C=O) groups excluding carboxylic acids is 1. The number of hydrogen-bond donors (Lipinski definition) is 2. The average molecular weight is 114 g/mol. The van der Waals surface area contributed by atoms with Crippen LogP contribution in [0.1, 0.15) is 0 Å². The van der Waals surface area contributed by atoms with Crippen LogP contribution in [0.4, 0.5) is 0 Å². The zero-order valence-corrected chi connectivity index (χ0v) is 4.68. The normalized spacial score (nSPS) is 8.12. The van der Waals surface area contributed by atoms with Crippen molar-refractivity contribution in [1.82, 2.24) is 5.32 Å². The summed E-state index contributed by atoms with van der Waals surface area (Å²) in [6.45, 7) is 3.96. The Balaban J connectivity index is 3.11. The molecule has 0 aliphatic rings. The second kappa shape index (κ2) is 4.33. The second-order valence-corrected chi connectivity index (χ2v) is 1.30. The fourth-order valence-corrected chi connectivity index (χ4v) is 0.258. The van der Waals surface area contributed by atoms with Crippen LogP contribution in [0.3, 0.4) is 0 Å². The third-order valence-electron chi connectivity index (χ3n) is 0.629. The van der Waals surface area contributed by atoms with Gasteiger partial charge in [0.05, 0.1) is 6.54 Å². The van der Waals surface area contributed by atoms with Crippen LogP contribution >= 0.6 is 0 Å². The summed E-state index contributed by atoms with van der Waals surface area (Å²) < 4.78 is 0. The van der Waals surface area contributed by atoms with E-state index in [-0.39, 0.29) is 12.5 Å². The van der Waals surface area contributed by atoms with E-state index in [4.69, 9.17) is 5.73 Å². The number of nitrogens with two attached hydrogens (primary N) is 1. The van der Waals surface area contributed by atoms with E-state index in [1.54, 1.807) is 6.08 Å². The van der Waals surface area contributed by atoms with Crippen molar-refractivity contribution in [2.24, 2.45) is 5.73 Å². The minimum atomic E-state index is -0.148. The molecule has 0 bridgehead atoms. The minimum absolute atomic E-state index is 0.0494. The van der Waals surface area contributed by atoms with Crippen molar-refractivity contribution in [3.8, 4) is 0 Å². The molecule has 0 fully saturated rings. The summed E-state index contributed by atoms with van der Waals surface area (Å²) in [6, 6.07) is 0. The van der Waals surface area contributed by atoms with Gasteiger partial charge in [-0.15, -0.1) is 6.58 Å². The first-order chi connectivity index (χ1) is 3.81. The molecular formula is C5H10N2O. The Labute approximate surface area is 48.6 Å². The van der Waals surface area contributed by atoms with Crippen LogP contribution in [0.5, 0.6) is 0 Å². The van der Waals surface area contributed by atoms with E-state index >= 15 is 0 Å². The Hall–Kier alpha value is -0.830. The van der Waals surface area contributed by atoms with Crippen molar-refractivity contribution < 1.29 is 4.79 Å². The molecule has 46 valence electrons. The van der Waals surface area contributed by atoms with Crippen LogP contribution in [0, 0.1) is 0 Å². The van der Waals surface area contributed by atoms with Crippen LogP contribution in [-0.2, 0) is 4.79 Å². The third-order valence-corrected chi connectivity index (χ3v) is 0.629. The van der Waals surface area contributed by atoms with Crippen LogP contribution in [0.2, 0.25) is 0 Å². The van der Waals surface area contributed by atoms with Crippen LogP contribution < -0.4 is 11.1 Å². The van der Waals surface area contributed by atoms with Gasteiger partial charge < -0.3 is 11.1 Å². The molecule has 0 aromatic carbocycles. The number of amides is 1. The van der Waals surface area contributed by atoms with E-state index in [2.05, 4.69) is 11.9 Å². The van der Waals surface area contributed by atoms with Crippen molar-refractivity contribution in [3.05, 3.63) is 12.7 Å². The lowest BCUT2D eigenvalue weighted by Gasteiger charge is -1.94. The summed E-state index contributed by atoms with van der Waals surface area (Å²) in [7, 11) is 0. The van der Waals surface area contributed by atoms with Gasteiger partial charge in [-0.2, -0.15) is 0 Å². The molecule has 0 unspecified atom stereocenters. The molecule has 0 heterocycles. The lowest BCUT2D eigenvalue weighted by atomic mass is 10.5. The maximum Gasteiger partial charge on any atom is 0.233 e. The first-order valence-corrected chi connectivity index (χ1v) is 2.39. The zero-order chi connectivity index (χ0) is 6.41. The van der Waals surface area contributed by atoms with Crippen molar-refractivity contribution >= 4 is 5.91 Å². The highest BCUT2D eigenvalue weighted by Crippen LogP contribution is 1.59. The zero-order valence-electron chi connectivity index (χ0n) is 4.68. The largest absolute Gasteiger partial charge is 0.352 e. The van der Waals surface area contributed by atoms with E-state index in [0.29, 0.717) is 6.54 Å². The van der Waals surface area contributed by atoms with Gasteiger partial charge in [0.2, 0.25) is 5.91 Å². The maximum absolute atomic E-state index is 10.3. The Morgan fingerprint density at radius 1 is 1.88 bits per heavy atom. The Morgan fingerprint density at radius 2 is 2.50 bits per heavy atom. The molecule has 3 N–H and O–H groups in total. The molecule has 3 nitrogen and oxygen atoms in total. The molecule has 1 amide bonds.